The predicted molar refractivity (Wildman–Crippen MR) is 89.1 cm³/mol. The molecule has 0 saturated heterocycles. The summed E-state index contributed by atoms with van der Waals surface area (Å²) in [6.07, 6.45) is 5.31. The van der Waals surface area contributed by atoms with E-state index in [1.807, 2.05) is 42.1 Å². The first-order chi connectivity index (χ1) is 10.3. The highest BCUT2D eigenvalue weighted by Gasteiger charge is 2.26. The molecule has 21 heavy (non-hydrogen) atoms. The summed E-state index contributed by atoms with van der Waals surface area (Å²) in [6.45, 7) is 2.87. The Labute approximate surface area is 130 Å². The fourth-order valence-electron chi connectivity index (χ4n) is 3.12. The first-order valence-electron chi connectivity index (χ1n) is 7.78. The van der Waals surface area contributed by atoms with Crippen molar-refractivity contribution >= 4 is 22.5 Å². The topological polar surface area (TPSA) is 29.5 Å². The zero-order chi connectivity index (χ0) is 14.7. The molecule has 0 amide bonds. The summed E-state index contributed by atoms with van der Waals surface area (Å²) in [4.78, 5) is 1.25. The molecule has 0 aliphatic heterocycles. The van der Waals surface area contributed by atoms with Gasteiger partial charge in [-0.1, -0.05) is 37.1 Å². The third-order valence-corrected chi connectivity index (χ3v) is 5.61. The Balaban J connectivity index is 1.88. The monoisotopic (exact) mass is 302 g/mol. The lowest BCUT2D eigenvalue weighted by atomic mass is 9.97. The maximum atomic E-state index is 10.0. The van der Waals surface area contributed by atoms with Crippen molar-refractivity contribution in [3.8, 4) is 5.75 Å². The molecule has 1 fully saturated rings. The Kier molecular flexibility index (Phi) is 4.71. The van der Waals surface area contributed by atoms with Crippen LogP contribution in [0.5, 0.6) is 5.75 Å². The lowest BCUT2D eigenvalue weighted by Crippen LogP contribution is -2.30. The molecule has 0 aromatic heterocycles. The molecule has 0 spiro atoms. The van der Waals surface area contributed by atoms with Crippen LogP contribution in [0, 0.1) is 0 Å². The van der Waals surface area contributed by atoms with Crippen LogP contribution in [-0.2, 0) is 4.74 Å². The number of thioether (sulfide) groups is 1. The quantitative estimate of drug-likeness (QED) is 0.863. The summed E-state index contributed by atoms with van der Waals surface area (Å²) >= 11 is 1.91. The molecule has 1 N–H and O–H groups in total. The Morgan fingerprint density at radius 3 is 2.67 bits per heavy atom. The van der Waals surface area contributed by atoms with Crippen LogP contribution in [-0.4, -0.2) is 23.1 Å². The number of benzene rings is 2. The summed E-state index contributed by atoms with van der Waals surface area (Å²) in [7, 11) is 0. The highest BCUT2D eigenvalue weighted by atomic mass is 32.2. The number of phenolic OH excluding ortho intramolecular Hbond substituents is 1. The second-order valence-corrected chi connectivity index (χ2v) is 6.84. The van der Waals surface area contributed by atoms with Gasteiger partial charge in [0.05, 0.1) is 6.10 Å². The maximum absolute atomic E-state index is 10.0. The van der Waals surface area contributed by atoms with Gasteiger partial charge < -0.3 is 9.84 Å². The molecule has 0 radical (unpaired) electrons. The number of rotatable bonds is 4. The third kappa shape index (κ3) is 3.19. The van der Waals surface area contributed by atoms with Gasteiger partial charge >= 0.3 is 0 Å². The standard InChI is InChI=1S/C18H22O2S/c1-2-20-16-9-5-6-10-18(16)21-17-12-11-15(19)13-7-3-4-8-14(13)17/h3-4,7-8,11-12,16,18-19H,2,5-6,9-10H2,1H3. The third-order valence-electron chi connectivity index (χ3n) is 4.16. The second kappa shape index (κ2) is 6.71. The lowest BCUT2D eigenvalue weighted by Gasteiger charge is -2.31. The molecule has 112 valence electrons. The van der Waals surface area contributed by atoms with Crippen molar-refractivity contribution in [3.05, 3.63) is 36.4 Å². The van der Waals surface area contributed by atoms with Crippen molar-refractivity contribution in [3.63, 3.8) is 0 Å². The van der Waals surface area contributed by atoms with E-state index in [1.165, 1.54) is 30.6 Å². The fraction of sp³-hybridized carbons (Fsp3) is 0.444. The fourth-order valence-corrected chi connectivity index (χ4v) is 4.55. The number of phenols is 1. The molecule has 1 aliphatic carbocycles. The predicted octanol–water partition coefficient (Wildman–Crippen LogP) is 4.99. The van der Waals surface area contributed by atoms with Gasteiger partial charge in [-0.05, 0) is 37.3 Å². The summed E-state index contributed by atoms with van der Waals surface area (Å²) in [5, 5.41) is 12.6. The Morgan fingerprint density at radius 2 is 1.86 bits per heavy atom. The molecular weight excluding hydrogens is 280 g/mol. The van der Waals surface area contributed by atoms with E-state index in [0.717, 1.165) is 17.4 Å². The van der Waals surface area contributed by atoms with Crippen molar-refractivity contribution in [2.75, 3.05) is 6.61 Å². The van der Waals surface area contributed by atoms with Crippen molar-refractivity contribution in [2.24, 2.45) is 0 Å². The number of aromatic hydroxyl groups is 1. The summed E-state index contributed by atoms with van der Waals surface area (Å²) < 4.78 is 5.93. The van der Waals surface area contributed by atoms with Crippen molar-refractivity contribution in [2.45, 2.75) is 48.9 Å². The minimum Gasteiger partial charge on any atom is -0.507 e. The summed E-state index contributed by atoms with van der Waals surface area (Å²) in [6, 6.07) is 11.9. The molecule has 1 aliphatic rings. The average Bonchev–Trinajstić information content (AvgIpc) is 2.52. The summed E-state index contributed by atoms with van der Waals surface area (Å²) in [5.74, 6) is 0.361. The number of ether oxygens (including phenoxy) is 1. The van der Waals surface area contributed by atoms with Gasteiger partial charge in [0.25, 0.3) is 0 Å². The van der Waals surface area contributed by atoms with E-state index in [9.17, 15) is 5.11 Å². The first kappa shape index (κ1) is 14.7. The van der Waals surface area contributed by atoms with Gasteiger partial charge in [0.15, 0.2) is 0 Å². The van der Waals surface area contributed by atoms with Crippen LogP contribution in [0.2, 0.25) is 0 Å². The van der Waals surface area contributed by atoms with E-state index in [-0.39, 0.29) is 0 Å². The van der Waals surface area contributed by atoms with E-state index in [4.69, 9.17) is 4.74 Å². The van der Waals surface area contributed by atoms with Gasteiger partial charge in [-0.25, -0.2) is 0 Å². The van der Waals surface area contributed by atoms with Crippen LogP contribution >= 0.6 is 11.8 Å². The molecule has 2 unspecified atom stereocenters. The lowest BCUT2D eigenvalue weighted by molar-refractivity contribution is 0.0416. The van der Waals surface area contributed by atoms with Crippen LogP contribution < -0.4 is 0 Å². The summed E-state index contributed by atoms with van der Waals surface area (Å²) in [5.41, 5.74) is 0. The van der Waals surface area contributed by atoms with Crippen molar-refractivity contribution in [1.29, 1.82) is 0 Å². The van der Waals surface area contributed by atoms with Crippen LogP contribution in [0.15, 0.2) is 41.3 Å². The molecule has 1 saturated carbocycles. The Morgan fingerprint density at radius 1 is 1.10 bits per heavy atom. The maximum Gasteiger partial charge on any atom is 0.123 e. The van der Waals surface area contributed by atoms with E-state index in [1.54, 1.807) is 0 Å². The van der Waals surface area contributed by atoms with E-state index in [2.05, 4.69) is 13.0 Å². The van der Waals surface area contributed by atoms with Gasteiger partial charge in [0, 0.05) is 22.1 Å². The SMILES string of the molecule is CCOC1CCCCC1Sc1ccc(O)c2ccccc12. The number of hydrogen-bond donors (Lipinski definition) is 1. The minimum atomic E-state index is 0.361. The van der Waals surface area contributed by atoms with Crippen molar-refractivity contribution < 1.29 is 9.84 Å². The molecule has 3 heteroatoms. The molecule has 2 aromatic rings. The molecular formula is C18H22O2S. The second-order valence-electron chi connectivity index (χ2n) is 5.56. The van der Waals surface area contributed by atoms with E-state index < -0.39 is 0 Å². The first-order valence-corrected chi connectivity index (χ1v) is 8.66. The molecule has 2 nitrogen and oxygen atoms in total. The Bertz CT molecular complexity index is 609. The Hall–Kier alpha value is -1.19. The van der Waals surface area contributed by atoms with Gasteiger partial charge in [-0.2, -0.15) is 0 Å². The van der Waals surface area contributed by atoms with Gasteiger partial charge in [-0.3, -0.25) is 0 Å². The van der Waals surface area contributed by atoms with E-state index in [0.29, 0.717) is 17.1 Å². The highest BCUT2D eigenvalue weighted by molar-refractivity contribution is 8.00. The van der Waals surface area contributed by atoms with Crippen LogP contribution in [0.4, 0.5) is 0 Å². The van der Waals surface area contributed by atoms with Crippen LogP contribution in [0.25, 0.3) is 10.8 Å². The number of hydrogen-bond acceptors (Lipinski definition) is 3. The molecule has 0 heterocycles. The zero-order valence-corrected chi connectivity index (χ0v) is 13.2. The van der Waals surface area contributed by atoms with Crippen LogP contribution in [0.1, 0.15) is 32.6 Å². The van der Waals surface area contributed by atoms with Crippen molar-refractivity contribution in [1.82, 2.24) is 0 Å². The smallest absolute Gasteiger partial charge is 0.123 e. The zero-order valence-electron chi connectivity index (χ0n) is 12.4. The molecule has 3 rings (SSSR count). The molecule has 0 bridgehead atoms. The molecule has 2 aromatic carbocycles. The average molecular weight is 302 g/mol. The normalized spacial score (nSPS) is 22.5. The van der Waals surface area contributed by atoms with Gasteiger partial charge in [-0.15, -0.1) is 11.8 Å². The minimum absolute atomic E-state index is 0.361. The van der Waals surface area contributed by atoms with E-state index >= 15 is 0 Å². The largest absolute Gasteiger partial charge is 0.507 e. The number of fused-ring (bicyclic) bond motifs is 1. The highest BCUT2D eigenvalue weighted by Crippen LogP contribution is 2.40. The van der Waals surface area contributed by atoms with Crippen LogP contribution in [0.3, 0.4) is 0 Å². The van der Waals surface area contributed by atoms with Gasteiger partial charge in [0.2, 0.25) is 0 Å². The van der Waals surface area contributed by atoms with Gasteiger partial charge in [0.1, 0.15) is 5.75 Å². The molecule has 2 atom stereocenters.